The number of halogens is 3. The van der Waals surface area contributed by atoms with Crippen molar-refractivity contribution in [2.24, 2.45) is 0 Å². The largest absolute Gasteiger partial charge is 0.418 e. The highest BCUT2D eigenvalue weighted by Crippen LogP contribution is 2.35. The number of hydrogen-bond acceptors (Lipinski definition) is 4. The fraction of sp³-hybridized carbons (Fsp3) is 0.167. The third kappa shape index (κ3) is 2.73. The first-order valence-corrected chi connectivity index (χ1v) is 5.49. The van der Waals surface area contributed by atoms with Crippen molar-refractivity contribution in [1.29, 1.82) is 0 Å². The van der Waals surface area contributed by atoms with E-state index in [2.05, 4.69) is 10.5 Å². The molecule has 0 aliphatic heterocycles. The summed E-state index contributed by atoms with van der Waals surface area (Å²) in [5.41, 5.74) is 3.45. The van der Waals surface area contributed by atoms with Gasteiger partial charge in [-0.1, -0.05) is 11.2 Å². The van der Waals surface area contributed by atoms with Crippen LogP contribution in [-0.4, -0.2) is 11.1 Å². The molecule has 0 saturated heterocycles. The Labute approximate surface area is 111 Å². The Bertz CT molecular complexity index is 650. The van der Waals surface area contributed by atoms with Crippen LogP contribution in [0.1, 0.15) is 21.7 Å². The lowest BCUT2D eigenvalue weighted by molar-refractivity contribution is -0.136. The average molecular weight is 285 g/mol. The van der Waals surface area contributed by atoms with Crippen LogP contribution in [0.3, 0.4) is 0 Å². The van der Waals surface area contributed by atoms with Gasteiger partial charge in [0.1, 0.15) is 5.76 Å². The standard InChI is InChI=1S/C12H10F3N3O2/c1-6-5-9(18-20-6)17-11(19)7-3-2-4-8(10(7)16)12(13,14)15/h2-5H,16H2,1H3,(H,17,18,19). The molecule has 1 heterocycles. The number of nitrogens with two attached hydrogens (primary N) is 1. The number of aryl methyl sites for hydroxylation is 1. The van der Waals surface area contributed by atoms with Crippen molar-refractivity contribution >= 4 is 17.4 Å². The van der Waals surface area contributed by atoms with Gasteiger partial charge in [0, 0.05) is 6.07 Å². The molecule has 3 N–H and O–H groups in total. The summed E-state index contributed by atoms with van der Waals surface area (Å²) in [6, 6.07) is 4.56. The van der Waals surface area contributed by atoms with Crippen molar-refractivity contribution in [3.8, 4) is 0 Å². The zero-order valence-electron chi connectivity index (χ0n) is 10.3. The van der Waals surface area contributed by atoms with Gasteiger partial charge >= 0.3 is 6.18 Å². The van der Waals surface area contributed by atoms with E-state index in [9.17, 15) is 18.0 Å². The van der Waals surface area contributed by atoms with Crippen LogP contribution in [0.25, 0.3) is 0 Å². The fourth-order valence-electron chi connectivity index (χ4n) is 1.62. The van der Waals surface area contributed by atoms with E-state index in [1.54, 1.807) is 6.92 Å². The van der Waals surface area contributed by atoms with Gasteiger partial charge in [-0.3, -0.25) is 4.79 Å². The molecule has 5 nitrogen and oxygen atoms in total. The van der Waals surface area contributed by atoms with Crippen LogP contribution < -0.4 is 11.1 Å². The van der Waals surface area contributed by atoms with Gasteiger partial charge in [-0.25, -0.2) is 0 Å². The molecule has 2 rings (SSSR count). The van der Waals surface area contributed by atoms with E-state index in [1.165, 1.54) is 12.1 Å². The molecule has 1 aromatic carbocycles. The Balaban J connectivity index is 2.31. The SMILES string of the molecule is Cc1cc(NC(=O)c2cccc(C(F)(F)F)c2N)no1. The highest BCUT2D eigenvalue weighted by molar-refractivity contribution is 6.07. The number of alkyl halides is 3. The first-order valence-electron chi connectivity index (χ1n) is 5.49. The van der Waals surface area contributed by atoms with Gasteiger partial charge in [0.05, 0.1) is 16.8 Å². The zero-order chi connectivity index (χ0) is 14.9. The Kier molecular flexibility index (Phi) is 3.39. The van der Waals surface area contributed by atoms with Crippen molar-refractivity contribution in [2.45, 2.75) is 13.1 Å². The number of nitrogens with one attached hydrogen (secondary N) is 1. The van der Waals surface area contributed by atoms with Gasteiger partial charge in [0.15, 0.2) is 5.82 Å². The molecule has 1 amide bonds. The van der Waals surface area contributed by atoms with Crippen molar-refractivity contribution in [1.82, 2.24) is 5.16 Å². The molecule has 1 aromatic heterocycles. The van der Waals surface area contributed by atoms with Crippen molar-refractivity contribution in [3.05, 3.63) is 41.2 Å². The number of rotatable bonds is 2. The van der Waals surface area contributed by atoms with Crippen LogP contribution in [0.15, 0.2) is 28.8 Å². The Morgan fingerprint density at radius 1 is 1.40 bits per heavy atom. The molecule has 20 heavy (non-hydrogen) atoms. The van der Waals surface area contributed by atoms with Crippen molar-refractivity contribution in [2.75, 3.05) is 11.1 Å². The van der Waals surface area contributed by atoms with Crippen LogP contribution in [0.5, 0.6) is 0 Å². The highest BCUT2D eigenvalue weighted by atomic mass is 19.4. The molecular weight excluding hydrogens is 275 g/mol. The first kappa shape index (κ1) is 13.9. The smallest absolute Gasteiger partial charge is 0.398 e. The molecule has 0 fully saturated rings. The minimum absolute atomic E-state index is 0.101. The van der Waals surface area contributed by atoms with Gasteiger partial charge in [0.25, 0.3) is 5.91 Å². The van der Waals surface area contributed by atoms with Crippen LogP contribution >= 0.6 is 0 Å². The Hall–Kier alpha value is -2.51. The van der Waals surface area contributed by atoms with Crippen LogP contribution in [0.4, 0.5) is 24.7 Å². The number of hydrogen-bond donors (Lipinski definition) is 2. The van der Waals surface area contributed by atoms with Crippen LogP contribution in [-0.2, 0) is 6.18 Å². The number of nitrogens with zero attached hydrogens (tertiary/aromatic N) is 1. The summed E-state index contributed by atoms with van der Waals surface area (Å²) in [4.78, 5) is 11.9. The monoisotopic (exact) mass is 285 g/mol. The third-order valence-corrected chi connectivity index (χ3v) is 2.53. The minimum atomic E-state index is -4.62. The Morgan fingerprint density at radius 3 is 2.65 bits per heavy atom. The van der Waals surface area contributed by atoms with E-state index in [0.29, 0.717) is 5.76 Å². The normalized spacial score (nSPS) is 11.4. The summed E-state index contributed by atoms with van der Waals surface area (Å²) < 4.78 is 42.8. The molecule has 0 radical (unpaired) electrons. The van der Waals surface area contributed by atoms with E-state index >= 15 is 0 Å². The van der Waals surface area contributed by atoms with Gasteiger partial charge in [0.2, 0.25) is 0 Å². The molecule has 0 spiro atoms. The predicted molar refractivity (Wildman–Crippen MR) is 65.0 cm³/mol. The van der Waals surface area contributed by atoms with E-state index < -0.39 is 23.3 Å². The molecule has 0 saturated carbocycles. The number of amides is 1. The number of para-hydroxylation sites is 1. The summed E-state index contributed by atoms with van der Waals surface area (Å²) in [6.07, 6.45) is -4.62. The maximum atomic E-state index is 12.7. The number of benzene rings is 1. The highest BCUT2D eigenvalue weighted by Gasteiger charge is 2.34. The number of aromatic nitrogens is 1. The molecule has 106 valence electrons. The molecule has 0 bridgehead atoms. The third-order valence-electron chi connectivity index (χ3n) is 2.53. The average Bonchev–Trinajstić information content (AvgIpc) is 2.73. The lowest BCUT2D eigenvalue weighted by Crippen LogP contribution is -2.17. The maximum absolute atomic E-state index is 12.7. The van der Waals surface area contributed by atoms with Crippen LogP contribution in [0.2, 0.25) is 0 Å². The molecule has 2 aromatic rings. The molecule has 0 unspecified atom stereocenters. The van der Waals surface area contributed by atoms with E-state index in [1.807, 2.05) is 0 Å². The van der Waals surface area contributed by atoms with Crippen LogP contribution in [0, 0.1) is 6.92 Å². The number of carbonyl (C=O) groups excluding carboxylic acids is 1. The summed E-state index contributed by atoms with van der Waals surface area (Å²) in [5, 5.41) is 5.82. The van der Waals surface area contributed by atoms with Gasteiger partial charge < -0.3 is 15.6 Å². The van der Waals surface area contributed by atoms with E-state index in [0.717, 1.165) is 12.1 Å². The van der Waals surface area contributed by atoms with Gasteiger partial charge in [-0.05, 0) is 19.1 Å². The second-order valence-electron chi connectivity index (χ2n) is 4.04. The van der Waals surface area contributed by atoms with E-state index in [-0.39, 0.29) is 11.4 Å². The number of anilines is 2. The zero-order valence-corrected chi connectivity index (χ0v) is 10.3. The second kappa shape index (κ2) is 4.87. The summed E-state index contributed by atoms with van der Waals surface area (Å²) in [6.45, 7) is 1.61. The maximum Gasteiger partial charge on any atom is 0.418 e. The van der Waals surface area contributed by atoms with Crippen molar-refractivity contribution in [3.63, 3.8) is 0 Å². The lowest BCUT2D eigenvalue weighted by Gasteiger charge is -2.12. The second-order valence-corrected chi connectivity index (χ2v) is 4.04. The fourth-order valence-corrected chi connectivity index (χ4v) is 1.62. The lowest BCUT2D eigenvalue weighted by atomic mass is 10.1. The molecule has 0 atom stereocenters. The van der Waals surface area contributed by atoms with Gasteiger partial charge in [-0.15, -0.1) is 0 Å². The molecule has 0 aliphatic rings. The first-order chi connectivity index (χ1) is 9.29. The van der Waals surface area contributed by atoms with E-state index in [4.69, 9.17) is 10.3 Å². The number of nitrogen functional groups attached to an aromatic ring is 1. The summed E-state index contributed by atoms with van der Waals surface area (Å²) in [7, 11) is 0. The Morgan fingerprint density at radius 2 is 2.10 bits per heavy atom. The molecule has 8 heteroatoms. The van der Waals surface area contributed by atoms with Gasteiger partial charge in [-0.2, -0.15) is 13.2 Å². The quantitative estimate of drug-likeness (QED) is 0.831. The number of carbonyl (C=O) groups is 1. The molecular formula is C12H10F3N3O2. The molecule has 0 aliphatic carbocycles. The predicted octanol–water partition coefficient (Wildman–Crippen LogP) is 2.84. The minimum Gasteiger partial charge on any atom is -0.398 e. The van der Waals surface area contributed by atoms with Crippen molar-refractivity contribution < 1.29 is 22.5 Å². The summed E-state index contributed by atoms with van der Waals surface area (Å²) >= 11 is 0. The summed E-state index contributed by atoms with van der Waals surface area (Å²) in [5.74, 6) is -0.233. The topological polar surface area (TPSA) is 81.2 Å².